The van der Waals surface area contributed by atoms with E-state index in [1.807, 2.05) is 42.5 Å². The van der Waals surface area contributed by atoms with Gasteiger partial charge in [0.2, 0.25) is 0 Å². The van der Waals surface area contributed by atoms with E-state index in [0.29, 0.717) is 0 Å². The Morgan fingerprint density at radius 2 is 1.95 bits per heavy atom. The molecule has 0 radical (unpaired) electrons. The largest absolute Gasteiger partial charge is 0.456 e. The minimum Gasteiger partial charge on any atom is -0.456 e. The Morgan fingerprint density at radius 3 is 2.79 bits per heavy atom. The molecule has 19 heavy (non-hydrogen) atoms. The summed E-state index contributed by atoms with van der Waals surface area (Å²) in [5.74, 6) is 0. The van der Waals surface area contributed by atoms with Crippen LogP contribution in [0.1, 0.15) is 5.56 Å². The van der Waals surface area contributed by atoms with Crippen LogP contribution in [-0.2, 0) is 0 Å². The monoisotopic (exact) mass is 253 g/mol. The summed E-state index contributed by atoms with van der Waals surface area (Å²) in [7, 11) is 0. The van der Waals surface area contributed by atoms with E-state index in [4.69, 9.17) is 10.2 Å². The summed E-state index contributed by atoms with van der Waals surface area (Å²) in [5.41, 5.74) is 9.61. The lowest BCUT2D eigenvalue weighted by Crippen LogP contribution is -2.24. The molecule has 0 aliphatic rings. The van der Waals surface area contributed by atoms with Gasteiger partial charge in [0.15, 0.2) is 0 Å². The van der Waals surface area contributed by atoms with E-state index in [-0.39, 0.29) is 0 Å². The topological polar surface area (TPSA) is 80.6 Å². The lowest BCUT2D eigenvalue weighted by molar-refractivity contribution is 0.249. The molecule has 3 rings (SSSR count). The van der Waals surface area contributed by atoms with Gasteiger partial charge in [-0.3, -0.25) is 0 Å². The average molecular weight is 253 g/mol. The quantitative estimate of drug-likeness (QED) is 0.543. The summed E-state index contributed by atoms with van der Waals surface area (Å²) in [4.78, 5) is 10.5. The first-order valence-corrected chi connectivity index (χ1v) is 5.74. The first-order chi connectivity index (χ1) is 9.24. The molecule has 5 heteroatoms. The Hall–Kier alpha value is -2.82. The van der Waals surface area contributed by atoms with E-state index in [2.05, 4.69) is 10.5 Å². The highest BCUT2D eigenvalue weighted by atomic mass is 16.3. The van der Waals surface area contributed by atoms with Gasteiger partial charge in [0.05, 0.1) is 6.21 Å². The summed E-state index contributed by atoms with van der Waals surface area (Å²) in [6.07, 6.45) is 1.53. The first-order valence-electron chi connectivity index (χ1n) is 5.74. The number of nitrogens with two attached hydrogens (primary N) is 1. The Kier molecular flexibility index (Phi) is 2.64. The van der Waals surface area contributed by atoms with Gasteiger partial charge in [-0.1, -0.05) is 18.2 Å². The van der Waals surface area contributed by atoms with Gasteiger partial charge in [-0.25, -0.2) is 10.2 Å². The fourth-order valence-electron chi connectivity index (χ4n) is 1.99. The zero-order valence-corrected chi connectivity index (χ0v) is 9.96. The summed E-state index contributed by atoms with van der Waals surface area (Å²) in [5, 5.41) is 5.80. The van der Waals surface area contributed by atoms with Crippen molar-refractivity contribution < 1.29 is 9.21 Å². The molecule has 0 atom stereocenters. The van der Waals surface area contributed by atoms with Crippen LogP contribution in [0, 0.1) is 0 Å². The smallest absolute Gasteiger partial charge is 0.332 e. The van der Waals surface area contributed by atoms with Gasteiger partial charge < -0.3 is 10.2 Å². The number of urea groups is 1. The molecular formula is C14H11N3O2. The number of carbonyl (C=O) groups is 1. The van der Waals surface area contributed by atoms with Crippen LogP contribution in [-0.4, -0.2) is 12.2 Å². The Balaban J connectivity index is 2.06. The van der Waals surface area contributed by atoms with E-state index in [1.54, 1.807) is 0 Å². The van der Waals surface area contributed by atoms with Crippen molar-refractivity contribution in [2.45, 2.75) is 0 Å². The molecule has 0 aliphatic heterocycles. The predicted octanol–water partition coefficient (Wildman–Crippen LogP) is 2.59. The lowest BCUT2D eigenvalue weighted by atomic mass is 10.1. The number of benzene rings is 2. The first kappa shape index (κ1) is 11.3. The summed E-state index contributed by atoms with van der Waals surface area (Å²) in [6.45, 7) is 0. The van der Waals surface area contributed by atoms with Crippen LogP contribution in [0.25, 0.3) is 21.9 Å². The highest BCUT2D eigenvalue weighted by Crippen LogP contribution is 2.28. The number of nitrogens with one attached hydrogen (secondary N) is 1. The molecule has 0 aliphatic carbocycles. The minimum absolute atomic E-state index is 0.689. The maximum atomic E-state index is 10.5. The SMILES string of the molecule is NC(=O)NN=Cc1ccc2oc3ccccc3c2c1. The molecule has 1 heterocycles. The second kappa shape index (κ2) is 4.45. The van der Waals surface area contributed by atoms with Crippen molar-refractivity contribution >= 4 is 34.2 Å². The Morgan fingerprint density at radius 1 is 1.16 bits per heavy atom. The predicted molar refractivity (Wildman–Crippen MR) is 74.0 cm³/mol. The number of nitrogens with zero attached hydrogens (tertiary/aromatic N) is 1. The average Bonchev–Trinajstić information content (AvgIpc) is 2.76. The number of carbonyl (C=O) groups excluding carboxylic acids is 1. The number of hydrazone groups is 1. The molecule has 0 unspecified atom stereocenters. The zero-order chi connectivity index (χ0) is 13.2. The van der Waals surface area contributed by atoms with Crippen LogP contribution in [0.4, 0.5) is 4.79 Å². The molecule has 2 amide bonds. The number of primary amides is 1. The highest BCUT2D eigenvalue weighted by Gasteiger charge is 2.05. The van der Waals surface area contributed by atoms with Crippen molar-refractivity contribution in [3.8, 4) is 0 Å². The van der Waals surface area contributed by atoms with Crippen LogP contribution in [0.5, 0.6) is 0 Å². The van der Waals surface area contributed by atoms with Crippen molar-refractivity contribution in [1.29, 1.82) is 0 Å². The van der Waals surface area contributed by atoms with Crippen molar-refractivity contribution in [2.24, 2.45) is 10.8 Å². The second-order valence-electron chi connectivity index (χ2n) is 4.09. The maximum Gasteiger partial charge on any atom is 0.332 e. The number of furan rings is 1. The third kappa shape index (κ3) is 2.13. The van der Waals surface area contributed by atoms with Crippen molar-refractivity contribution in [1.82, 2.24) is 5.43 Å². The van der Waals surface area contributed by atoms with E-state index >= 15 is 0 Å². The molecule has 3 N–H and O–H groups in total. The van der Waals surface area contributed by atoms with Gasteiger partial charge in [-0.15, -0.1) is 0 Å². The van der Waals surface area contributed by atoms with Crippen molar-refractivity contribution in [3.63, 3.8) is 0 Å². The summed E-state index contributed by atoms with van der Waals surface area (Å²) in [6, 6.07) is 12.8. The lowest BCUT2D eigenvalue weighted by Gasteiger charge is -1.94. The zero-order valence-electron chi connectivity index (χ0n) is 9.96. The molecule has 0 fully saturated rings. The molecular weight excluding hydrogens is 242 g/mol. The molecule has 94 valence electrons. The minimum atomic E-state index is -0.689. The second-order valence-corrected chi connectivity index (χ2v) is 4.09. The molecule has 0 saturated heterocycles. The Labute approximate surface area is 108 Å². The van der Waals surface area contributed by atoms with Gasteiger partial charge in [-0.2, -0.15) is 5.10 Å². The molecule has 5 nitrogen and oxygen atoms in total. The summed E-state index contributed by atoms with van der Waals surface area (Å²) < 4.78 is 5.72. The Bertz CT molecular complexity index is 790. The molecule has 1 aromatic heterocycles. The number of fused-ring (bicyclic) bond motifs is 3. The molecule has 2 aromatic carbocycles. The normalized spacial score (nSPS) is 11.4. The van der Waals surface area contributed by atoms with Crippen LogP contribution in [0.3, 0.4) is 0 Å². The molecule has 0 bridgehead atoms. The van der Waals surface area contributed by atoms with E-state index in [1.165, 1.54) is 6.21 Å². The van der Waals surface area contributed by atoms with Crippen LogP contribution >= 0.6 is 0 Å². The summed E-state index contributed by atoms with van der Waals surface area (Å²) >= 11 is 0. The maximum absolute atomic E-state index is 10.5. The standard InChI is InChI=1S/C14H11N3O2/c15-14(18)17-16-8-9-5-6-13-11(7-9)10-3-1-2-4-12(10)19-13/h1-8H,(H3,15,17,18). The van der Waals surface area contributed by atoms with E-state index in [9.17, 15) is 4.79 Å². The van der Waals surface area contributed by atoms with Gasteiger partial charge in [0, 0.05) is 10.8 Å². The van der Waals surface area contributed by atoms with Gasteiger partial charge >= 0.3 is 6.03 Å². The van der Waals surface area contributed by atoms with Crippen molar-refractivity contribution in [3.05, 3.63) is 48.0 Å². The number of amides is 2. The van der Waals surface area contributed by atoms with Crippen molar-refractivity contribution in [2.75, 3.05) is 0 Å². The van der Waals surface area contributed by atoms with Crippen LogP contribution < -0.4 is 11.2 Å². The van der Waals surface area contributed by atoms with Gasteiger partial charge in [-0.05, 0) is 29.8 Å². The number of para-hydroxylation sites is 1. The number of hydrogen-bond acceptors (Lipinski definition) is 3. The fraction of sp³-hybridized carbons (Fsp3) is 0. The highest BCUT2D eigenvalue weighted by molar-refractivity contribution is 6.06. The molecule has 0 saturated carbocycles. The number of hydrogen-bond donors (Lipinski definition) is 2. The van der Waals surface area contributed by atoms with Gasteiger partial charge in [0.25, 0.3) is 0 Å². The molecule has 0 spiro atoms. The third-order valence-corrected chi connectivity index (χ3v) is 2.79. The number of rotatable bonds is 2. The van der Waals surface area contributed by atoms with E-state index < -0.39 is 6.03 Å². The fourth-order valence-corrected chi connectivity index (χ4v) is 1.99. The van der Waals surface area contributed by atoms with Crippen LogP contribution in [0.2, 0.25) is 0 Å². The molecule has 3 aromatic rings. The third-order valence-electron chi connectivity index (χ3n) is 2.79. The van der Waals surface area contributed by atoms with Gasteiger partial charge in [0.1, 0.15) is 11.2 Å². The van der Waals surface area contributed by atoms with Crippen LogP contribution in [0.15, 0.2) is 52.0 Å². The van der Waals surface area contributed by atoms with E-state index in [0.717, 1.165) is 27.5 Å².